The van der Waals surface area contributed by atoms with E-state index in [1.165, 1.54) is 30.9 Å². The van der Waals surface area contributed by atoms with E-state index in [1.54, 1.807) is 5.20 Å². The lowest BCUT2D eigenvalue weighted by Gasteiger charge is -2.29. The van der Waals surface area contributed by atoms with E-state index in [1.807, 2.05) is 6.07 Å². The third-order valence-electron chi connectivity index (χ3n) is 3.86. The molecule has 0 amide bonds. The van der Waals surface area contributed by atoms with Crippen LogP contribution in [0.2, 0.25) is 13.1 Å². The van der Waals surface area contributed by atoms with Gasteiger partial charge >= 0.3 is 0 Å². The first-order valence-electron chi connectivity index (χ1n) is 7.46. The molecule has 0 saturated carbocycles. The average molecular weight is 276 g/mol. The number of benzene rings is 1. The maximum Gasteiger partial charge on any atom is 0.107 e. The molecule has 1 aromatic carbocycles. The number of aliphatic hydroxyl groups excluding tert-OH is 1. The third-order valence-corrected chi connectivity index (χ3v) is 7.76. The van der Waals surface area contributed by atoms with Gasteiger partial charge in [-0.3, -0.25) is 0 Å². The van der Waals surface area contributed by atoms with Gasteiger partial charge in [0.2, 0.25) is 0 Å². The fraction of sp³-hybridized carbons (Fsp3) is 0.529. The van der Waals surface area contributed by atoms with Crippen LogP contribution < -0.4 is 5.19 Å². The molecule has 0 saturated heterocycles. The van der Waals surface area contributed by atoms with E-state index in [2.05, 4.69) is 51.2 Å². The summed E-state index contributed by atoms with van der Waals surface area (Å²) in [5.74, 6) is 0. The van der Waals surface area contributed by atoms with Gasteiger partial charge in [-0.2, -0.15) is 0 Å². The van der Waals surface area contributed by atoms with Crippen LogP contribution in [-0.2, 0) is 6.61 Å². The van der Waals surface area contributed by atoms with Crippen molar-refractivity contribution in [1.29, 1.82) is 0 Å². The summed E-state index contributed by atoms with van der Waals surface area (Å²) in [6.07, 6.45) is 7.24. The van der Waals surface area contributed by atoms with Crippen LogP contribution in [0.1, 0.15) is 45.1 Å². The molecule has 0 heterocycles. The molecule has 0 radical (unpaired) electrons. The van der Waals surface area contributed by atoms with E-state index in [-0.39, 0.29) is 6.61 Å². The minimum atomic E-state index is -1.63. The van der Waals surface area contributed by atoms with Gasteiger partial charge in [0.05, 0.1) is 6.61 Å². The summed E-state index contributed by atoms with van der Waals surface area (Å²) in [6, 6.07) is 8.40. The normalized spacial score (nSPS) is 12.8. The molecule has 2 heteroatoms. The highest BCUT2D eigenvalue weighted by Crippen LogP contribution is 2.22. The molecule has 0 unspecified atom stereocenters. The molecule has 0 fully saturated rings. The first-order chi connectivity index (χ1) is 9.07. The second kappa shape index (κ2) is 7.66. The number of rotatable bonds is 7. The quantitative estimate of drug-likeness (QED) is 0.741. The summed E-state index contributed by atoms with van der Waals surface area (Å²) >= 11 is 0. The fourth-order valence-corrected chi connectivity index (χ4v) is 6.05. The first-order valence-corrected chi connectivity index (χ1v) is 10.5. The zero-order chi connectivity index (χ0) is 14.3. The standard InChI is InChI=1S/C17H28OSi/c1-5-7-12-16(10-6-2)19(3,4)17-13-9-8-11-15(17)14-18/h8-9,11-13,18H,5-7,10,14H2,1-4H3. The summed E-state index contributed by atoms with van der Waals surface area (Å²) in [5.41, 5.74) is 1.11. The van der Waals surface area contributed by atoms with Gasteiger partial charge in [-0.1, -0.05) is 75.3 Å². The highest BCUT2D eigenvalue weighted by molar-refractivity contribution is 6.96. The van der Waals surface area contributed by atoms with Crippen LogP contribution in [0, 0.1) is 0 Å². The predicted molar refractivity (Wildman–Crippen MR) is 87.4 cm³/mol. The SMILES string of the molecule is CCCC=C(CCC)[Si](C)(C)c1ccccc1CO. The van der Waals surface area contributed by atoms with Gasteiger partial charge in [-0.25, -0.2) is 0 Å². The van der Waals surface area contributed by atoms with Crippen molar-refractivity contribution >= 4 is 13.3 Å². The van der Waals surface area contributed by atoms with E-state index in [9.17, 15) is 5.11 Å². The fourth-order valence-electron chi connectivity index (χ4n) is 2.70. The van der Waals surface area contributed by atoms with Crippen LogP contribution in [0.15, 0.2) is 35.5 Å². The first kappa shape index (κ1) is 16.2. The molecule has 1 N–H and O–H groups in total. The van der Waals surface area contributed by atoms with Crippen molar-refractivity contribution in [1.82, 2.24) is 0 Å². The molecule has 0 aliphatic rings. The van der Waals surface area contributed by atoms with Gasteiger partial charge in [0, 0.05) is 0 Å². The van der Waals surface area contributed by atoms with E-state index in [4.69, 9.17) is 0 Å². The summed E-state index contributed by atoms with van der Waals surface area (Å²) in [6.45, 7) is 9.47. The molecule has 0 aliphatic carbocycles. The lowest BCUT2D eigenvalue weighted by molar-refractivity contribution is 0.283. The summed E-state index contributed by atoms with van der Waals surface area (Å²) < 4.78 is 0. The number of allylic oxidation sites excluding steroid dienone is 2. The summed E-state index contributed by atoms with van der Waals surface area (Å²) in [7, 11) is -1.63. The van der Waals surface area contributed by atoms with Gasteiger partial charge < -0.3 is 5.11 Å². The van der Waals surface area contributed by atoms with Crippen molar-refractivity contribution in [3.63, 3.8) is 0 Å². The van der Waals surface area contributed by atoms with Crippen LogP contribution in [0.5, 0.6) is 0 Å². The van der Waals surface area contributed by atoms with Crippen LogP contribution in [0.25, 0.3) is 0 Å². The zero-order valence-electron chi connectivity index (χ0n) is 12.9. The lowest BCUT2D eigenvalue weighted by atomic mass is 10.2. The Kier molecular flexibility index (Phi) is 6.53. The molecule has 1 aromatic rings. The topological polar surface area (TPSA) is 20.2 Å². The molecule has 0 spiro atoms. The van der Waals surface area contributed by atoms with Gasteiger partial charge in [0.1, 0.15) is 8.07 Å². The Morgan fingerprint density at radius 3 is 2.42 bits per heavy atom. The Bertz CT molecular complexity index is 421. The largest absolute Gasteiger partial charge is 0.392 e. The van der Waals surface area contributed by atoms with Crippen LogP contribution >= 0.6 is 0 Å². The van der Waals surface area contributed by atoms with Crippen molar-refractivity contribution in [3.8, 4) is 0 Å². The van der Waals surface area contributed by atoms with E-state index in [0.717, 1.165) is 5.56 Å². The molecular formula is C17H28OSi. The molecule has 1 nitrogen and oxygen atoms in total. The van der Waals surface area contributed by atoms with Crippen molar-refractivity contribution in [2.24, 2.45) is 0 Å². The van der Waals surface area contributed by atoms with Crippen molar-refractivity contribution in [3.05, 3.63) is 41.1 Å². The number of unbranched alkanes of at least 4 members (excludes halogenated alkanes) is 1. The van der Waals surface area contributed by atoms with Crippen molar-refractivity contribution < 1.29 is 5.11 Å². The maximum atomic E-state index is 9.57. The molecule has 0 aromatic heterocycles. The van der Waals surface area contributed by atoms with Crippen molar-refractivity contribution in [2.45, 2.75) is 59.2 Å². The third kappa shape index (κ3) is 4.05. The Labute approximate surface area is 119 Å². The van der Waals surface area contributed by atoms with Crippen LogP contribution in [-0.4, -0.2) is 13.2 Å². The lowest BCUT2D eigenvalue weighted by Crippen LogP contribution is -2.45. The summed E-state index contributed by atoms with van der Waals surface area (Å²) in [5, 5.41) is 12.6. The number of hydrogen-bond acceptors (Lipinski definition) is 1. The van der Waals surface area contributed by atoms with Crippen LogP contribution in [0.3, 0.4) is 0 Å². The smallest absolute Gasteiger partial charge is 0.107 e. The maximum absolute atomic E-state index is 9.57. The monoisotopic (exact) mass is 276 g/mol. The molecule has 0 atom stereocenters. The Hall–Kier alpha value is -0.863. The molecular weight excluding hydrogens is 248 g/mol. The van der Waals surface area contributed by atoms with Gasteiger partial charge in [0.15, 0.2) is 0 Å². The second-order valence-corrected chi connectivity index (χ2v) is 10.1. The number of hydrogen-bond donors (Lipinski definition) is 1. The van der Waals surface area contributed by atoms with Crippen LogP contribution in [0.4, 0.5) is 0 Å². The molecule has 19 heavy (non-hydrogen) atoms. The van der Waals surface area contributed by atoms with E-state index >= 15 is 0 Å². The van der Waals surface area contributed by atoms with Gasteiger partial charge in [-0.15, -0.1) is 0 Å². The predicted octanol–water partition coefficient (Wildman–Crippen LogP) is 4.16. The highest BCUT2D eigenvalue weighted by atomic mass is 28.3. The zero-order valence-corrected chi connectivity index (χ0v) is 13.9. The van der Waals surface area contributed by atoms with E-state index < -0.39 is 8.07 Å². The molecule has 1 rings (SSSR count). The van der Waals surface area contributed by atoms with Gasteiger partial charge in [0.25, 0.3) is 0 Å². The molecule has 0 aliphatic heterocycles. The van der Waals surface area contributed by atoms with Gasteiger partial charge in [-0.05, 0) is 23.6 Å². The minimum absolute atomic E-state index is 0.153. The number of aliphatic hydroxyl groups is 1. The van der Waals surface area contributed by atoms with E-state index in [0.29, 0.717) is 0 Å². The average Bonchev–Trinajstić information content (AvgIpc) is 2.43. The minimum Gasteiger partial charge on any atom is -0.392 e. The summed E-state index contributed by atoms with van der Waals surface area (Å²) in [4.78, 5) is 0. The molecule has 106 valence electrons. The Morgan fingerprint density at radius 2 is 1.84 bits per heavy atom. The van der Waals surface area contributed by atoms with Crippen molar-refractivity contribution in [2.75, 3.05) is 0 Å². The Morgan fingerprint density at radius 1 is 1.16 bits per heavy atom. The Balaban J connectivity index is 3.17. The second-order valence-electron chi connectivity index (χ2n) is 5.71. The molecule has 0 bridgehead atoms. The highest BCUT2D eigenvalue weighted by Gasteiger charge is 2.29.